The summed E-state index contributed by atoms with van der Waals surface area (Å²) in [5.41, 5.74) is 2.37. The van der Waals surface area contributed by atoms with Crippen molar-refractivity contribution in [1.82, 2.24) is 29.8 Å². The standard InChI is InChI=1S/C22H22N6O3/c1-15(17-8-10-18(11-9-17)28-14-23-13-24-28)27(3)22(29)19-6-4-5-7-20(19)30-12-21-25-16(2)31-26-21/h4-11,13-15H,12H2,1-3H3. The maximum Gasteiger partial charge on any atom is 0.257 e. The van der Waals surface area contributed by atoms with Crippen LogP contribution in [0, 0.1) is 6.92 Å². The first-order chi connectivity index (χ1) is 15.0. The van der Waals surface area contributed by atoms with E-state index in [9.17, 15) is 4.79 Å². The number of hydrogen-bond donors (Lipinski definition) is 0. The molecule has 0 saturated heterocycles. The molecule has 0 radical (unpaired) electrons. The van der Waals surface area contributed by atoms with E-state index in [-0.39, 0.29) is 18.6 Å². The molecule has 0 N–H and O–H groups in total. The second-order valence-electron chi connectivity index (χ2n) is 7.04. The number of rotatable bonds is 7. The van der Waals surface area contributed by atoms with E-state index in [4.69, 9.17) is 9.26 Å². The third-order valence-corrected chi connectivity index (χ3v) is 5.00. The molecule has 1 atom stereocenters. The van der Waals surface area contributed by atoms with Gasteiger partial charge < -0.3 is 14.2 Å². The van der Waals surface area contributed by atoms with Crippen molar-refractivity contribution in [2.24, 2.45) is 0 Å². The third kappa shape index (κ3) is 4.45. The quantitative estimate of drug-likeness (QED) is 0.454. The molecule has 158 valence electrons. The lowest BCUT2D eigenvalue weighted by molar-refractivity contribution is 0.0737. The second kappa shape index (κ2) is 8.78. The van der Waals surface area contributed by atoms with Crippen molar-refractivity contribution in [3.63, 3.8) is 0 Å². The van der Waals surface area contributed by atoms with E-state index >= 15 is 0 Å². The van der Waals surface area contributed by atoms with Gasteiger partial charge in [-0.05, 0) is 36.8 Å². The summed E-state index contributed by atoms with van der Waals surface area (Å²) in [6.45, 7) is 3.81. The van der Waals surface area contributed by atoms with Crippen LogP contribution in [0.25, 0.3) is 5.69 Å². The normalized spacial score (nSPS) is 11.8. The summed E-state index contributed by atoms with van der Waals surface area (Å²) in [6, 6.07) is 14.8. The number of aromatic nitrogens is 5. The molecular weight excluding hydrogens is 396 g/mol. The van der Waals surface area contributed by atoms with E-state index in [1.807, 2.05) is 43.3 Å². The van der Waals surface area contributed by atoms with Crippen LogP contribution in [-0.4, -0.2) is 42.8 Å². The topological polar surface area (TPSA) is 99.2 Å². The predicted molar refractivity (Wildman–Crippen MR) is 112 cm³/mol. The third-order valence-electron chi connectivity index (χ3n) is 5.00. The average molecular weight is 418 g/mol. The summed E-state index contributed by atoms with van der Waals surface area (Å²) in [7, 11) is 1.78. The van der Waals surface area contributed by atoms with E-state index < -0.39 is 0 Å². The maximum absolute atomic E-state index is 13.2. The van der Waals surface area contributed by atoms with E-state index in [0.29, 0.717) is 23.0 Å². The van der Waals surface area contributed by atoms with E-state index in [1.54, 1.807) is 42.0 Å². The minimum Gasteiger partial charge on any atom is -0.485 e. The van der Waals surface area contributed by atoms with Crippen molar-refractivity contribution in [2.45, 2.75) is 26.5 Å². The molecule has 0 saturated carbocycles. The molecule has 31 heavy (non-hydrogen) atoms. The van der Waals surface area contributed by atoms with Gasteiger partial charge >= 0.3 is 0 Å². The molecule has 4 aromatic rings. The zero-order chi connectivity index (χ0) is 21.8. The van der Waals surface area contributed by atoms with Gasteiger partial charge in [0.05, 0.1) is 17.3 Å². The van der Waals surface area contributed by atoms with E-state index in [0.717, 1.165) is 11.3 Å². The molecule has 0 spiro atoms. The van der Waals surface area contributed by atoms with Crippen LogP contribution in [0.2, 0.25) is 0 Å². The molecule has 9 nitrogen and oxygen atoms in total. The molecule has 9 heteroatoms. The Morgan fingerprint density at radius 1 is 1.19 bits per heavy atom. The Morgan fingerprint density at radius 2 is 1.97 bits per heavy atom. The van der Waals surface area contributed by atoms with Gasteiger partial charge in [-0.15, -0.1) is 0 Å². The summed E-state index contributed by atoms with van der Waals surface area (Å²) >= 11 is 0. The van der Waals surface area contributed by atoms with Gasteiger partial charge in [0.1, 0.15) is 18.4 Å². The van der Waals surface area contributed by atoms with Gasteiger partial charge in [-0.25, -0.2) is 9.67 Å². The first-order valence-corrected chi connectivity index (χ1v) is 9.76. The highest BCUT2D eigenvalue weighted by atomic mass is 16.5. The lowest BCUT2D eigenvalue weighted by Crippen LogP contribution is -2.30. The molecule has 2 aromatic carbocycles. The molecule has 2 aromatic heterocycles. The zero-order valence-corrected chi connectivity index (χ0v) is 17.5. The number of carbonyl (C=O) groups is 1. The monoisotopic (exact) mass is 418 g/mol. The summed E-state index contributed by atoms with van der Waals surface area (Å²) < 4.78 is 12.4. The highest BCUT2D eigenvalue weighted by molar-refractivity contribution is 5.97. The molecule has 1 amide bonds. The fourth-order valence-corrected chi connectivity index (χ4v) is 3.15. The molecule has 0 aliphatic heterocycles. The number of aryl methyl sites for hydroxylation is 1. The van der Waals surface area contributed by atoms with Crippen LogP contribution in [0.15, 0.2) is 65.7 Å². The van der Waals surface area contributed by atoms with Gasteiger partial charge in [0.15, 0.2) is 6.61 Å². The van der Waals surface area contributed by atoms with Crippen LogP contribution in [0.5, 0.6) is 5.75 Å². The van der Waals surface area contributed by atoms with Crippen LogP contribution in [0.4, 0.5) is 0 Å². The number of para-hydroxylation sites is 1. The number of amides is 1. The van der Waals surface area contributed by atoms with Gasteiger partial charge in [-0.2, -0.15) is 10.1 Å². The Balaban J connectivity index is 1.48. The Kier molecular flexibility index (Phi) is 5.74. The SMILES string of the molecule is Cc1nc(COc2ccccc2C(=O)N(C)C(C)c2ccc(-n3cncn3)cc2)no1. The van der Waals surface area contributed by atoms with Crippen molar-refractivity contribution >= 4 is 5.91 Å². The largest absolute Gasteiger partial charge is 0.485 e. The number of carbonyl (C=O) groups excluding carboxylic acids is 1. The molecule has 0 aliphatic carbocycles. The van der Waals surface area contributed by atoms with Crippen molar-refractivity contribution in [1.29, 1.82) is 0 Å². The minimum atomic E-state index is -0.148. The van der Waals surface area contributed by atoms with Crippen molar-refractivity contribution in [2.75, 3.05) is 7.05 Å². The Bertz CT molecular complexity index is 1150. The first kappa shape index (κ1) is 20.3. The molecule has 2 heterocycles. The number of nitrogens with zero attached hydrogens (tertiary/aromatic N) is 6. The van der Waals surface area contributed by atoms with Crippen LogP contribution in [0.3, 0.4) is 0 Å². The summed E-state index contributed by atoms with van der Waals surface area (Å²) in [5.74, 6) is 1.21. The molecule has 0 bridgehead atoms. The predicted octanol–water partition coefficient (Wildman–Crippen LogP) is 3.37. The summed E-state index contributed by atoms with van der Waals surface area (Å²) in [6.07, 6.45) is 3.13. The number of benzene rings is 2. The average Bonchev–Trinajstić information content (AvgIpc) is 3.48. The maximum atomic E-state index is 13.2. The lowest BCUT2D eigenvalue weighted by atomic mass is 10.1. The van der Waals surface area contributed by atoms with Crippen molar-refractivity contribution < 1.29 is 14.1 Å². The van der Waals surface area contributed by atoms with Gasteiger partial charge in [0, 0.05) is 14.0 Å². The number of ether oxygens (including phenoxy) is 1. The fraction of sp³-hybridized carbons (Fsp3) is 0.227. The summed E-state index contributed by atoms with van der Waals surface area (Å²) in [5, 5.41) is 7.94. The number of hydrogen-bond acceptors (Lipinski definition) is 7. The van der Waals surface area contributed by atoms with Gasteiger partial charge in [0.25, 0.3) is 5.91 Å². The van der Waals surface area contributed by atoms with Crippen molar-refractivity contribution in [3.05, 3.63) is 84.0 Å². The Morgan fingerprint density at radius 3 is 2.65 bits per heavy atom. The minimum absolute atomic E-state index is 0.116. The van der Waals surface area contributed by atoms with Gasteiger partial charge in [-0.3, -0.25) is 4.79 Å². The molecule has 0 aliphatic rings. The Hall–Kier alpha value is -4.01. The fourth-order valence-electron chi connectivity index (χ4n) is 3.15. The second-order valence-corrected chi connectivity index (χ2v) is 7.04. The first-order valence-electron chi connectivity index (χ1n) is 9.76. The van der Waals surface area contributed by atoms with E-state index in [1.165, 1.54) is 6.33 Å². The van der Waals surface area contributed by atoms with Crippen LogP contribution in [-0.2, 0) is 6.61 Å². The Labute approximate surface area is 179 Å². The summed E-state index contributed by atoms with van der Waals surface area (Å²) in [4.78, 5) is 23.0. The molecule has 1 unspecified atom stereocenters. The van der Waals surface area contributed by atoms with Crippen LogP contribution < -0.4 is 4.74 Å². The molecule has 0 fully saturated rings. The zero-order valence-electron chi connectivity index (χ0n) is 17.5. The van der Waals surface area contributed by atoms with Crippen LogP contribution in [0.1, 0.15) is 40.6 Å². The highest BCUT2D eigenvalue weighted by Gasteiger charge is 2.22. The highest BCUT2D eigenvalue weighted by Crippen LogP contribution is 2.26. The molecular formula is C22H22N6O3. The molecule has 4 rings (SSSR count). The smallest absolute Gasteiger partial charge is 0.257 e. The van der Waals surface area contributed by atoms with E-state index in [2.05, 4.69) is 20.2 Å². The van der Waals surface area contributed by atoms with Gasteiger partial charge in [0.2, 0.25) is 11.7 Å². The lowest BCUT2D eigenvalue weighted by Gasteiger charge is -2.26. The van der Waals surface area contributed by atoms with Gasteiger partial charge in [-0.1, -0.05) is 29.4 Å². The van der Waals surface area contributed by atoms with Crippen molar-refractivity contribution in [3.8, 4) is 11.4 Å². The van der Waals surface area contributed by atoms with Crippen LogP contribution >= 0.6 is 0 Å².